The highest BCUT2D eigenvalue weighted by Crippen LogP contribution is 2.25. The number of aromatic nitrogens is 3. The Hall–Kier alpha value is -2.29. The minimum absolute atomic E-state index is 0.0806. The first kappa shape index (κ1) is 18.5. The number of hydrogen-bond donors (Lipinski definition) is 2. The van der Waals surface area contributed by atoms with Crippen LogP contribution in [0.3, 0.4) is 0 Å². The normalized spacial score (nSPS) is 10.7. The Balaban J connectivity index is 1.79. The van der Waals surface area contributed by atoms with Crippen LogP contribution in [0, 0.1) is 5.82 Å². The molecule has 26 heavy (non-hydrogen) atoms. The second kappa shape index (κ2) is 7.94. The van der Waals surface area contributed by atoms with Crippen molar-refractivity contribution < 1.29 is 4.39 Å². The molecule has 3 rings (SSSR count). The van der Waals surface area contributed by atoms with Crippen LogP contribution >= 0.6 is 35.0 Å². The Morgan fingerprint density at radius 2 is 1.92 bits per heavy atom. The van der Waals surface area contributed by atoms with Crippen LogP contribution in [0.4, 0.5) is 15.9 Å². The molecular weight excluding hydrogens is 400 g/mol. The van der Waals surface area contributed by atoms with Gasteiger partial charge in [0.2, 0.25) is 11.0 Å². The number of benzene rings is 2. The number of halogens is 3. The molecule has 134 valence electrons. The Morgan fingerprint density at radius 1 is 1.15 bits per heavy atom. The number of nitrogens with one attached hydrogen (secondary N) is 1. The SMILES string of the molecule is Nn1c(SCc2ccccc2Cl)nnc(Nc2ccc(F)c(Cl)c2)c1=O. The lowest BCUT2D eigenvalue weighted by molar-refractivity contribution is 0.628. The highest BCUT2D eigenvalue weighted by atomic mass is 35.5. The molecule has 0 amide bonds. The monoisotopic (exact) mass is 411 g/mol. The molecule has 0 spiro atoms. The van der Waals surface area contributed by atoms with Gasteiger partial charge in [0.15, 0.2) is 0 Å². The average molecular weight is 412 g/mol. The lowest BCUT2D eigenvalue weighted by atomic mass is 10.2. The van der Waals surface area contributed by atoms with Crippen LogP contribution < -0.4 is 16.7 Å². The van der Waals surface area contributed by atoms with Crippen molar-refractivity contribution in [1.29, 1.82) is 0 Å². The standard InChI is InChI=1S/C16H12Cl2FN5OS/c17-11-4-2-1-3-9(11)8-26-16-23-22-14(15(25)24(16)20)21-10-5-6-13(19)12(18)7-10/h1-7H,8,20H2,(H,21,22). The summed E-state index contributed by atoms with van der Waals surface area (Å²) in [5.41, 5.74) is 0.693. The molecule has 1 heterocycles. The van der Waals surface area contributed by atoms with Crippen molar-refractivity contribution in [3.63, 3.8) is 0 Å². The third-order valence-electron chi connectivity index (χ3n) is 3.36. The average Bonchev–Trinajstić information content (AvgIpc) is 2.63. The molecule has 0 aliphatic carbocycles. The fourth-order valence-corrected chi connectivity index (χ4v) is 3.35. The third-order valence-corrected chi connectivity index (χ3v) is 5.01. The van der Waals surface area contributed by atoms with Gasteiger partial charge >= 0.3 is 5.56 Å². The van der Waals surface area contributed by atoms with Gasteiger partial charge in [0.1, 0.15) is 5.82 Å². The first-order valence-corrected chi connectivity index (χ1v) is 9.03. The summed E-state index contributed by atoms with van der Waals surface area (Å²) in [6, 6.07) is 11.3. The second-order valence-electron chi connectivity index (χ2n) is 5.14. The topological polar surface area (TPSA) is 85.8 Å². The van der Waals surface area contributed by atoms with Crippen molar-refractivity contribution in [2.24, 2.45) is 0 Å². The van der Waals surface area contributed by atoms with E-state index in [-0.39, 0.29) is 16.0 Å². The molecule has 0 atom stereocenters. The van der Waals surface area contributed by atoms with Crippen molar-refractivity contribution in [2.45, 2.75) is 10.9 Å². The van der Waals surface area contributed by atoms with E-state index in [1.807, 2.05) is 18.2 Å². The quantitative estimate of drug-likeness (QED) is 0.489. The van der Waals surface area contributed by atoms with E-state index in [1.54, 1.807) is 6.07 Å². The maximum atomic E-state index is 13.2. The van der Waals surface area contributed by atoms with Crippen molar-refractivity contribution >= 4 is 46.5 Å². The van der Waals surface area contributed by atoms with Crippen LogP contribution in [-0.4, -0.2) is 14.9 Å². The highest BCUT2D eigenvalue weighted by Gasteiger charge is 2.12. The number of nitrogen functional groups attached to an aromatic ring is 1. The summed E-state index contributed by atoms with van der Waals surface area (Å²) in [5.74, 6) is 5.63. The number of nitrogens with zero attached hydrogens (tertiary/aromatic N) is 3. The molecule has 0 unspecified atom stereocenters. The molecule has 0 saturated carbocycles. The van der Waals surface area contributed by atoms with Gasteiger partial charge in [-0.25, -0.2) is 4.39 Å². The Kier molecular flexibility index (Phi) is 5.65. The molecule has 2 aromatic carbocycles. The van der Waals surface area contributed by atoms with Crippen LogP contribution in [0.15, 0.2) is 52.4 Å². The smallest absolute Gasteiger partial charge is 0.315 e. The maximum Gasteiger partial charge on any atom is 0.315 e. The zero-order valence-corrected chi connectivity index (χ0v) is 15.4. The van der Waals surface area contributed by atoms with Gasteiger partial charge < -0.3 is 11.2 Å². The predicted octanol–water partition coefficient (Wildman–Crippen LogP) is 3.83. The minimum Gasteiger partial charge on any atom is -0.334 e. The Labute approximate surface area is 162 Å². The van der Waals surface area contributed by atoms with Gasteiger partial charge in [0.25, 0.3) is 0 Å². The summed E-state index contributed by atoms with van der Waals surface area (Å²) < 4.78 is 14.1. The van der Waals surface area contributed by atoms with E-state index >= 15 is 0 Å². The first-order chi connectivity index (χ1) is 12.5. The molecular formula is C16H12Cl2FN5OS. The lowest BCUT2D eigenvalue weighted by Gasteiger charge is -2.09. The van der Waals surface area contributed by atoms with E-state index in [4.69, 9.17) is 29.0 Å². The molecule has 0 saturated heterocycles. The molecule has 3 N–H and O–H groups in total. The van der Waals surface area contributed by atoms with Crippen molar-refractivity contribution in [2.75, 3.05) is 11.2 Å². The van der Waals surface area contributed by atoms with Gasteiger partial charge in [0, 0.05) is 16.5 Å². The number of thioether (sulfide) groups is 1. The van der Waals surface area contributed by atoms with Crippen LogP contribution in [0.5, 0.6) is 0 Å². The predicted molar refractivity (Wildman–Crippen MR) is 102 cm³/mol. The minimum atomic E-state index is -0.581. The van der Waals surface area contributed by atoms with E-state index in [0.29, 0.717) is 16.5 Å². The summed E-state index contributed by atoms with van der Waals surface area (Å²) >= 11 is 13.0. The number of hydrogen-bond acceptors (Lipinski definition) is 6. The third kappa shape index (κ3) is 4.09. The van der Waals surface area contributed by atoms with Crippen molar-refractivity contribution in [3.8, 4) is 0 Å². The van der Waals surface area contributed by atoms with E-state index in [9.17, 15) is 9.18 Å². The molecule has 0 aliphatic heterocycles. The van der Waals surface area contributed by atoms with E-state index < -0.39 is 11.4 Å². The maximum absolute atomic E-state index is 13.2. The molecule has 0 fully saturated rings. The zero-order valence-electron chi connectivity index (χ0n) is 13.1. The Morgan fingerprint density at radius 3 is 2.65 bits per heavy atom. The number of nitrogens with two attached hydrogens (primary N) is 1. The van der Waals surface area contributed by atoms with Crippen LogP contribution in [-0.2, 0) is 5.75 Å². The summed E-state index contributed by atoms with van der Waals surface area (Å²) in [6.45, 7) is 0. The van der Waals surface area contributed by atoms with Gasteiger partial charge in [-0.3, -0.25) is 4.79 Å². The molecule has 6 nitrogen and oxygen atoms in total. The van der Waals surface area contributed by atoms with E-state index in [1.165, 1.54) is 30.0 Å². The fraction of sp³-hybridized carbons (Fsp3) is 0.0625. The van der Waals surface area contributed by atoms with Gasteiger partial charge in [-0.05, 0) is 29.8 Å². The fourth-order valence-electron chi connectivity index (χ4n) is 2.03. The highest BCUT2D eigenvalue weighted by molar-refractivity contribution is 7.98. The molecule has 3 aromatic rings. The van der Waals surface area contributed by atoms with Crippen molar-refractivity contribution in [3.05, 3.63) is 74.2 Å². The van der Waals surface area contributed by atoms with Crippen LogP contribution in [0.1, 0.15) is 5.56 Å². The number of rotatable bonds is 5. The van der Waals surface area contributed by atoms with Gasteiger partial charge in [-0.1, -0.05) is 53.2 Å². The Bertz CT molecular complexity index is 1010. The lowest BCUT2D eigenvalue weighted by Crippen LogP contribution is -2.32. The van der Waals surface area contributed by atoms with E-state index in [2.05, 4.69) is 15.5 Å². The summed E-state index contributed by atoms with van der Waals surface area (Å²) in [5, 5.41) is 11.3. The van der Waals surface area contributed by atoms with Gasteiger partial charge in [-0.2, -0.15) is 4.68 Å². The van der Waals surface area contributed by atoms with Gasteiger partial charge in [0.05, 0.1) is 5.02 Å². The van der Waals surface area contributed by atoms with E-state index in [0.717, 1.165) is 10.2 Å². The summed E-state index contributed by atoms with van der Waals surface area (Å²) in [7, 11) is 0. The molecule has 1 aromatic heterocycles. The molecule has 0 radical (unpaired) electrons. The van der Waals surface area contributed by atoms with Crippen LogP contribution in [0.25, 0.3) is 0 Å². The second-order valence-corrected chi connectivity index (χ2v) is 6.90. The molecule has 0 aliphatic rings. The number of anilines is 2. The largest absolute Gasteiger partial charge is 0.334 e. The van der Waals surface area contributed by atoms with Crippen LogP contribution in [0.2, 0.25) is 10.0 Å². The summed E-state index contributed by atoms with van der Waals surface area (Å²) in [4.78, 5) is 12.4. The first-order valence-electron chi connectivity index (χ1n) is 7.29. The molecule has 0 bridgehead atoms. The molecule has 10 heteroatoms. The van der Waals surface area contributed by atoms with Gasteiger partial charge in [-0.15, -0.1) is 10.2 Å². The zero-order chi connectivity index (χ0) is 18.7. The summed E-state index contributed by atoms with van der Waals surface area (Å²) in [6.07, 6.45) is 0. The van der Waals surface area contributed by atoms with Crippen molar-refractivity contribution in [1.82, 2.24) is 14.9 Å².